The molecular weight excluding hydrogens is 412 g/mol. The van der Waals surface area contributed by atoms with Crippen molar-refractivity contribution in [1.82, 2.24) is 15.1 Å². The minimum Gasteiger partial charge on any atom is -0.366 e. The van der Waals surface area contributed by atoms with E-state index in [1.165, 1.54) is 50.5 Å². The molecular formula is C27H42N4O2. The average molecular weight is 455 g/mol. The van der Waals surface area contributed by atoms with Crippen LogP contribution in [0.4, 0.5) is 4.79 Å². The number of nitrogens with two attached hydrogens (primary N) is 1. The normalized spacial score (nSPS) is 25.8. The zero-order valence-corrected chi connectivity index (χ0v) is 20.5. The summed E-state index contributed by atoms with van der Waals surface area (Å²) in [5.74, 6) is 0.785. The lowest BCUT2D eigenvalue weighted by atomic mass is 9.84. The third-order valence-electron chi connectivity index (χ3n) is 8.06. The molecule has 4 rings (SSSR count). The molecule has 0 unspecified atom stereocenters. The van der Waals surface area contributed by atoms with Gasteiger partial charge in [-0.25, -0.2) is 4.79 Å². The average Bonchev–Trinajstić information content (AvgIpc) is 3.03. The van der Waals surface area contributed by atoms with Gasteiger partial charge in [0.15, 0.2) is 0 Å². The number of piperidine rings is 1. The molecule has 182 valence electrons. The molecule has 3 fully saturated rings. The standard InChI is InChI=1S/C27H42N4O2/c1-19(2)29-27(33)30(18-20-7-4-3-5-8-20)13-14-31-24-11-12-25(31)17-23(16-24)21-9-6-10-22(15-21)26(28)32/h6,9-10,15,19-20,23-25H,3-5,7-8,11-14,16-18H2,1-2H3,(H2,28,32)(H,29,33)/t23-,24+,25-. The van der Waals surface area contributed by atoms with Crippen molar-refractivity contribution in [2.45, 2.75) is 95.7 Å². The Morgan fingerprint density at radius 2 is 1.79 bits per heavy atom. The van der Waals surface area contributed by atoms with Crippen molar-refractivity contribution in [3.8, 4) is 0 Å². The molecule has 3 amide bonds. The van der Waals surface area contributed by atoms with E-state index >= 15 is 0 Å². The van der Waals surface area contributed by atoms with E-state index < -0.39 is 0 Å². The molecule has 3 aliphatic rings. The van der Waals surface area contributed by atoms with Gasteiger partial charge in [-0.2, -0.15) is 0 Å². The first-order valence-corrected chi connectivity index (χ1v) is 13.1. The first-order valence-electron chi connectivity index (χ1n) is 13.1. The topological polar surface area (TPSA) is 78.7 Å². The Balaban J connectivity index is 1.37. The van der Waals surface area contributed by atoms with Crippen LogP contribution in [0, 0.1) is 5.92 Å². The number of urea groups is 1. The van der Waals surface area contributed by atoms with Crippen LogP contribution in [0.5, 0.6) is 0 Å². The van der Waals surface area contributed by atoms with Crippen molar-refractivity contribution >= 4 is 11.9 Å². The number of nitrogens with zero attached hydrogens (tertiary/aromatic N) is 2. The Hall–Kier alpha value is -2.08. The van der Waals surface area contributed by atoms with E-state index in [1.807, 2.05) is 26.0 Å². The van der Waals surface area contributed by atoms with E-state index in [-0.39, 0.29) is 18.0 Å². The summed E-state index contributed by atoms with van der Waals surface area (Å²) in [5, 5.41) is 3.13. The van der Waals surface area contributed by atoms with Crippen LogP contribution < -0.4 is 11.1 Å². The van der Waals surface area contributed by atoms with Crippen molar-refractivity contribution in [1.29, 1.82) is 0 Å². The Morgan fingerprint density at radius 1 is 1.09 bits per heavy atom. The van der Waals surface area contributed by atoms with Gasteiger partial charge in [0.1, 0.15) is 0 Å². The number of hydrogen-bond acceptors (Lipinski definition) is 3. The molecule has 33 heavy (non-hydrogen) atoms. The molecule has 3 N–H and O–H groups in total. The van der Waals surface area contributed by atoms with E-state index in [0.29, 0.717) is 29.5 Å². The first kappa shape index (κ1) is 24.1. The van der Waals surface area contributed by atoms with Crippen LogP contribution in [-0.2, 0) is 0 Å². The zero-order chi connectivity index (χ0) is 23.4. The van der Waals surface area contributed by atoms with E-state index in [4.69, 9.17) is 5.73 Å². The van der Waals surface area contributed by atoms with Crippen molar-refractivity contribution < 1.29 is 9.59 Å². The van der Waals surface area contributed by atoms with Gasteiger partial charge in [-0.15, -0.1) is 0 Å². The second-order valence-corrected chi connectivity index (χ2v) is 10.8. The van der Waals surface area contributed by atoms with Gasteiger partial charge in [0.2, 0.25) is 5.91 Å². The smallest absolute Gasteiger partial charge is 0.317 e. The summed E-state index contributed by atoms with van der Waals surface area (Å²) in [4.78, 5) is 29.3. The number of fused-ring (bicyclic) bond motifs is 2. The van der Waals surface area contributed by atoms with Crippen LogP contribution in [-0.4, -0.2) is 59.5 Å². The van der Waals surface area contributed by atoms with Gasteiger partial charge in [0.25, 0.3) is 0 Å². The fourth-order valence-electron chi connectivity index (χ4n) is 6.39. The predicted octanol–water partition coefficient (Wildman–Crippen LogP) is 4.50. The van der Waals surface area contributed by atoms with Crippen LogP contribution in [0.15, 0.2) is 24.3 Å². The molecule has 6 heteroatoms. The molecule has 3 atom stereocenters. The third kappa shape index (κ3) is 6.08. The number of nitrogens with one attached hydrogen (secondary N) is 1. The van der Waals surface area contributed by atoms with Gasteiger partial charge in [-0.3, -0.25) is 9.69 Å². The molecule has 2 saturated heterocycles. The van der Waals surface area contributed by atoms with Crippen LogP contribution >= 0.6 is 0 Å². The Labute approximate surface area is 199 Å². The van der Waals surface area contributed by atoms with Crippen molar-refractivity contribution in [3.63, 3.8) is 0 Å². The number of carbonyl (C=O) groups is 2. The lowest BCUT2D eigenvalue weighted by molar-refractivity contribution is 0.0998. The molecule has 1 saturated carbocycles. The summed E-state index contributed by atoms with van der Waals surface area (Å²) in [6.45, 7) is 6.74. The molecule has 0 aromatic heterocycles. The molecule has 2 heterocycles. The number of benzene rings is 1. The molecule has 1 aromatic rings. The van der Waals surface area contributed by atoms with Crippen molar-refractivity contribution in [2.75, 3.05) is 19.6 Å². The number of primary amides is 1. The van der Waals surface area contributed by atoms with Gasteiger partial charge in [-0.1, -0.05) is 31.4 Å². The molecule has 0 spiro atoms. The quantitative estimate of drug-likeness (QED) is 0.607. The number of amides is 3. The fraction of sp³-hybridized carbons (Fsp3) is 0.704. The minimum atomic E-state index is -0.352. The molecule has 6 nitrogen and oxygen atoms in total. The highest BCUT2D eigenvalue weighted by atomic mass is 16.2. The molecule has 0 radical (unpaired) electrons. The first-order chi connectivity index (χ1) is 15.9. The van der Waals surface area contributed by atoms with E-state index in [9.17, 15) is 9.59 Å². The number of carbonyl (C=O) groups excluding carboxylic acids is 2. The van der Waals surface area contributed by atoms with Crippen molar-refractivity contribution in [2.24, 2.45) is 11.7 Å². The maximum absolute atomic E-state index is 13.0. The third-order valence-corrected chi connectivity index (χ3v) is 8.06. The summed E-state index contributed by atoms with van der Waals surface area (Å²) in [6.07, 6.45) is 11.2. The van der Waals surface area contributed by atoms with Gasteiger partial charge >= 0.3 is 6.03 Å². The van der Waals surface area contributed by atoms with Gasteiger partial charge in [0.05, 0.1) is 0 Å². The summed E-state index contributed by atoms with van der Waals surface area (Å²) in [6, 6.07) is 9.29. The van der Waals surface area contributed by atoms with Crippen molar-refractivity contribution in [3.05, 3.63) is 35.4 Å². The number of hydrogen-bond donors (Lipinski definition) is 2. The van der Waals surface area contributed by atoms with E-state index in [1.54, 1.807) is 6.07 Å². The summed E-state index contributed by atoms with van der Waals surface area (Å²) in [5.41, 5.74) is 7.36. The SMILES string of the molecule is CC(C)NC(=O)N(CCN1[C@@H]2CC[C@H]1C[C@@H](c1cccc(C(N)=O)c1)C2)CC1CCCCC1. The maximum Gasteiger partial charge on any atom is 0.317 e. The monoisotopic (exact) mass is 454 g/mol. The molecule has 1 aromatic carbocycles. The molecule has 2 bridgehead atoms. The minimum absolute atomic E-state index is 0.0982. The Bertz CT molecular complexity index is 806. The van der Waals surface area contributed by atoms with Crippen LogP contribution in [0.3, 0.4) is 0 Å². The second-order valence-electron chi connectivity index (χ2n) is 10.8. The second kappa shape index (κ2) is 10.9. The van der Waals surface area contributed by atoms with Gasteiger partial charge in [0, 0.05) is 43.3 Å². The molecule has 2 aliphatic heterocycles. The summed E-state index contributed by atoms with van der Waals surface area (Å²) < 4.78 is 0. The highest BCUT2D eigenvalue weighted by Crippen LogP contribution is 2.43. The Morgan fingerprint density at radius 3 is 2.42 bits per heavy atom. The van der Waals surface area contributed by atoms with Crippen LogP contribution in [0.1, 0.15) is 93.5 Å². The van der Waals surface area contributed by atoms with E-state index in [0.717, 1.165) is 32.5 Å². The Kier molecular flexibility index (Phi) is 7.94. The lowest BCUT2D eigenvalue weighted by Gasteiger charge is -2.40. The molecule has 1 aliphatic carbocycles. The number of rotatable bonds is 8. The van der Waals surface area contributed by atoms with E-state index in [2.05, 4.69) is 21.2 Å². The highest BCUT2D eigenvalue weighted by Gasteiger charge is 2.41. The fourth-order valence-corrected chi connectivity index (χ4v) is 6.39. The van der Waals surface area contributed by atoms with Gasteiger partial charge < -0.3 is 16.0 Å². The zero-order valence-electron chi connectivity index (χ0n) is 20.5. The predicted molar refractivity (Wildman–Crippen MR) is 132 cm³/mol. The van der Waals surface area contributed by atoms with Crippen LogP contribution in [0.2, 0.25) is 0 Å². The summed E-state index contributed by atoms with van der Waals surface area (Å²) in [7, 11) is 0. The largest absolute Gasteiger partial charge is 0.366 e. The van der Waals surface area contributed by atoms with Gasteiger partial charge in [-0.05, 0) is 81.9 Å². The maximum atomic E-state index is 13.0. The van der Waals surface area contributed by atoms with Crippen LogP contribution in [0.25, 0.3) is 0 Å². The summed E-state index contributed by atoms with van der Waals surface area (Å²) >= 11 is 0. The highest BCUT2D eigenvalue weighted by molar-refractivity contribution is 5.92. The lowest BCUT2D eigenvalue weighted by Crippen LogP contribution is -2.50.